The van der Waals surface area contributed by atoms with Gasteiger partial charge in [0.15, 0.2) is 28.9 Å². The lowest BCUT2D eigenvalue weighted by Gasteiger charge is -2.49. The summed E-state index contributed by atoms with van der Waals surface area (Å²) in [5.74, 6) is -2.97. The van der Waals surface area contributed by atoms with Crippen molar-refractivity contribution in [3.63, 3.8) is 0 Å². The standard InChI is InChI=1S/C28H24F2N2O7S/c1-36-28(35)39-14-38-27-21(33)8-10-31-25(27)26(34)17-12-37-11-9-20(17)32(31)24-15-6-7-19(29)23(30)18(15)13-40-22-5-3-2-4-16(22)24/h2-8,10,17,20,24H,9,11-14H2,1H3/t17-,20+,24-/m0/s1. The van der Waals surface area contributed by atoms with Crippen molar-refractivity contribution in [2.75, 3.05) is 32.1 Å². The van der Waals surface area contributed by atoms with Gasteiger partial charge in [-0.2, -0.15) is 0 Å². The smallest absolute Gasteiger partial charge is 0.451 e. The van der Waals surface area contributed by atoms with Gasteiger partial charge in [-0.05, 0) is 29.7 Å². The summed E-state index contributed by atoms with van der Waals surface area (Å²) in [4.78, 5) is 39.2. The minimum absolute atomic E-state index is 0.0498. The van der Waals surface area contributed by atoms with E-state index in [2.05, 4.69) is 4.74 Å². The van der Waals surface area contributed by atoms with Gasteiger partial charge in [0.25, 0.3) is 0 Å². The number of hydrogen-bond donors (Lipinski definition) is 0. The summed E-state index contributed by atoms with van der Waals surface area (Å²) in [6, 6.07) is 10.5. The molecular formula is C28H24F2N2O7S. The van der Waals surface area contributed by atoms with E-state index in [9.17, 15) is 18.8 Å². The number of ether oxygens (including phenoxy) is 4. The van der Waals surface area contributed by atoms with Gasteiger partial charge in [0, 0.05) is 35.1 Å². The molecular weight excluding hydrogens is 546 g/mol. The van der Waals surface area contributed by atoms with Crippen LogP contribution >= 0.6 is 11.8 Å². The van der Waals surface area contributed by atoms with Gasteiger partial charge < -0.3 is 18.9 Å². The fourth-order valence-corrected chi connectivity index (χ4v) is 6.77. The van der Waals surface area contributed by atoms with Gasteiger partial charge in [-0.15, -0.1) is 11.8 Å². The summed E-state index contributed by atoms with van der Waals surface area (Å²) in [7, 11) is 1.13. The van der Waals surface area contributed by atoms with Crippen LogP contribution in [0.5, 0.6) is 5.75 Å². The molecule has 9 nitrogen and oxygen atoms in total. The van der Waals surface area contributed by atoms with E-state index in [4.69, 9.17) is 14.2 Å². The second kappa shape index (κ2) is 10.6. The molecule has 12 heteroatoms. The SMILES string of the molecule is COC(=O)OCOc1c2n(ccc1=O)N([C@@H]1c3ccccc3SCc3c1ccc(F)c3F)[C@@H]1CCOC[C@@H]1C2=O. The molecule has 0 bridgehead atoms. The number of rotatable bonds is 4. The van der Waals surface area contributed by atoms with Gasteiger partial charge in [0.2, 0.25) is 12.2 Å². The zero-order chi connectivity index (χ0) is 28.0. The molecule has 1 aromatic heterocycles. The van der Waals surface area contributed by atoms with E-state index in [1.807, 2.05) is 29.3 Å². The average Bonchev–Trinajstić information content (AvgIpc) is 3.13. The van der Waals surface area contributed by atoms with Crippen LogP contribution in [0.3, 0.4) is 0 Å². The van der Waals surface area contributed by atoms with E-state index in [1.54, 1.807) is 10.7 Å². The van der Waals surface area contributed by atoms with Crippen molar-refractivity contribution in [3.05, 3.63) is 92.9 Å². The second-order valence-electron chi connectivity index (χ2n) is 9.50. The van der Waals surface area contributed by atoms with E-state index in [1.165, 1.54) is 24.0 Å². The van der Waals surface area contributed by atoms with Crippen LogP contribution in [-0.2, 0) is 20.0 Å². The summed E-state index contributed by atoms with van der Waals surface area (Å²) in [5, 5.41) is 1.94. The molecule has 2 aromatic carbocycles. The molecule has 40 heavy (non-hydrogen) atoms. The predicted molar refractivity (Wildman–Crippen MR) is 139 cm³/mol. The maximum absolute atomic E-state index is 15.3. The molecule has 0 radical (unpaired) electrons. The molecule has 1 fully saturated rings. The number of aromatic nitrogens is 1. The maximum Gasteiger partial charge on any atom is 0.510 e. The number of thioether (sulfide) groups is 1. The lowest BCUT2D eigenvalue weighted by molar-refractivity contribution is 0.0114. The first-order chi connectivity index (χ1) is 19.4. The average molecular weight is 571 g/mol. The molecule has 3 aliphatic rings. The Bertz CT molecular complexity index is 1560. The Morgan fingerprint density at radius 2 is 1.95 bits per heavy atom. The van der Waals surface area contributed by atoms with Crippen LogP contribution in [-0.4, -0.2) is 49.8 Å². The highest BCUT2D eigenvalue weighted by atomic mass is 32.2. The van der Waals surface area contributed by atoms with Gasteiger partial charge in [0.1, 0.15) is 0 Å². The summed E-state index contributed by atoms with van der Waals surface area (Å²) in [6.07, 6.45) is 0.946. The number of methoxy groups -OCH3 is 1. The summed E-state index contributed by atoms with van der Waals surface area (Å²) >= 11 is 1.41. The second-order valence-corrected chi connectivity index (χ2v) is 10.5. The lowest BCUT2D eigenvalue weighted by Crippen LogP contribution is -2.60. The Labute approximate surface area is 231 Å². The number of carbonyl (C=O) groups is 2. The number of pyridine rings is 1. The minimum Gasteiger partial charge on any atom is -0.451 e. The molecule has 3 aromatic rings. The van der Waals surface area contributed by atoms with E-state index in [0.29, 0.717) is 18.6 Å². The normalized spacial score (nSPS) is 21.3. The number of nitrogens with zero attached hydrogens (tertiary/aromatic N) is 2. The molecule has 1 saturated heterocycles. The topological polar surface area (TPSA) is 96.3 Å². The van der Waals surface area contributed by atoms with Gasteiger partial charge in [-0.1, -0.05) is 24.3 Å². The molecule has 0 unspecified atom stereocenters. The Balaban J connectivity index is 1.58. The highest BCUT2D eigenvalue weighted by molar-refractivity contribution is 7.98. The molecule has 0 aliphatic carbocycles. The lowest BCUT2D eigenvalue weighted by atomic mass is 9.84. The summed E-state index contributed by atoms with van der Waals surface area (Å²) in [6.45, 7) is -0.160. The van der Waals surface area contributed by atoms with E-state index in [0.717, 1.165) is 23.6 Å². The van der Waals surface area contributed by atoms with Crippen LogP contribution in [0.2, 0.25) is 0 Å². The monoisotopic (exact) mass is 570 g/mol. The van der Waals surface area contributed by atoms with Crippen LogP contribution in [0.25, 0.3) is 0 Å². The van der Waals surface area contributed by atoms with Crippen molar-refractivity contribution in [1.29, 1.82) is 0 Å². The molecule has 3 atom stereocenters. The number of benzene rings is 2. The highest BCUT2D eigenvalue weighted by Gasteiger charge is 2.48. The molecule has 0 N–H and O–H groups in total. The molecule has 0 amide bonds. The Kier molecular flexibility index (Phi) is 6.97. The molecule has 208 valence electrons. The Morgan fingerprint density at radius 1 is 1.12 bits per heavy atom. The first-order valence-corrected chi connectivity index (χ1v) is 13.6. The number of halogens is 2. The van der Waals surface area contributed by atoms with Crippen molar-refractivity contribution < 1.29 is 37.3 Å². The first-order valence-electron chi connectivity index (χ1n) is 12.6. The largest absolute Gasteiger partial charge is 0.510 e. The van der Waals surface area contributed by atoms with Crippen LogP contribution in [0.1, 0.15) is 39.6 Å². The highest BCUT2D eigenvalue weighted by Crippen LogP contribution is 2.46. The van der Waals surface area contributed by atoms with Crippen molar-refractivity contribution >= 4 is 23.7 Å². The van der Waals surface area contributed by atoms with E-state index in [-0.39, 0.29) is 35.1 Å². The number of carbonyl (C=O) groups excluding carboxylic acids is 2. The molecule has 4 heterocycles. The summed E-state index contributed by atoms with van der Waals surface area (Å²) in [5.41, 5.74) is 0.993. The number of ketones is 1. The summed E-state index contributed by atoms with van der Waals surface area (Å²) < 4.78 is 51.7. The maximum atomic E-state index is 15.3. The zero-order valence-corrected chi connectivity index (χ0v) is 22.1. The van der Waals surface area contributed by atoms with Crippen LogP contribution < -0.4 is 15.2 Å². The molecule has 0 spiro atoms. The van der Waals surface area contributed by atoms with E-state index >= 15 is 4.39 Å². The van der Waals surface area contributed by atoms with Crippen LogP contribution in [0.4, 0.5) is 13.6 Å². The Hall–Kier alpha value is -3.90. The minimum atomic E-state index is -1.02. The third-order valence-electron chi connectivity index (χ3n) is 7.44. The number of Topliss-reactive ketones (excluding diaryl/α,β-unsaturated/α-hetero) is 1. The van der Waals surface area contributed by atoms with Crippen molar-refractivity contribution in [2.24, 2.45) is 5.92 Å². The van der Waals surface area contributed by atoms with Gasteiger partial charge >= 0.3 is 6.16 Å². The van der Waals surface area contributed by atoms with E-state index < -0.39 is 48.0 Å². The Morgan fingerprint density at radius 3 is 2.77 bits per heavy atom. The molecule has 6 rings (SSSR count). The van der Waals surface area contributed by atoms with Crippen LogP contribution in [0.15, 0.2) is 58.4 Å². The number of fused-ring (bicyclic) bond motifs is 4. The number of hydrogen-bond acceptors (Lipinski definition) is 9. The fourth-order valence-electron chi connectivity index (χ4n) is 5.66. The third kappa shape index (κ3) is 4.31. The first kappa shape index (κ1) is 26.3. The fraction of sp³-hybridized carbons (Fsp3) is 0.321. The van der Waals surface area contributed by atoms with Crippen molar-refractivity contribution in [3.8, 4) is 5.75 Å². The molecule has 3 aliphatic heterocycles. The molecule has 0 saturated carbocycles. The van der Waals surface area contributed by atoms with Gasteiger partial charge in [-0.3, -0.25) is 19.3 Å². The third-order valence-corrected chi connectivity index (χ3v) is 8.55. The quantitative estimate of drug-likeness (QED) is 0.338. The van der Waals surface area contributed by atoms with Gasteiger partial charge in [0.05, 0.1) is 31.7 Å². The predicted octanol–water partition coefficient (Wildman–Crippen LogP) is 4.18. The van der Waals surface area contributed by atoms with Crippen molar-refractivity contribution in [1.82, 2.24) is 4.68 Å². The van der Waals surface area contributed by atoms with Gasteiger partial charge in [-0.25, -0.2) is 13.6 Å². The van der Waals surface area contributed by atoms with Crippen LogP contribution in [0, 0.1) is 17.6 Å². The van der Waals surface area contributed by atoms with Crippen molar-refractivity contribution in [2.45, 2.75) is 29.2 Å². The zero-order valence-electron chi connectivity index (χ0n) is 21.3.